The number of nitrogens with zero attached hydrogens (tertiary/aromatic N) is 2. The van der Waals surface area contributed by atoms with E-state index in [1.165, 1.54) is 27.4 Å². The summed E-state index contributed by atoms with van der Waals surface area (Å²) < 4.78 is 26.1. The molecular weight excluding hydrogens is 388 g/mol. The normalized spacial score (nSPS) is 10.4. The van der Waals surface area contributed by atoms with Crippen LogP contribution >= 0.6 is 11.6 Å². The molecule has 28 heavy (non-hydrogen) atoms. The zero-order chi connectivity index (χ0) is 20.1. The molecule has 146 valence electrons. The molecule has 0 saturated carbocycles. The van der Waals surface area contributed by atoms with Gasteiger partial charge in [-0.05, 0) is 24.3 Å². The summed E-state index contributed by atoms with van der Waals surface area (Å²) in [6.45, 7) is -0.204. The maximum Gasteiger partial charge on any atom is 0.342 e. The first kappa shape index (κ1) is 19.5. The number of ether oxygens (including phenoxy) is 4. The topological polar surface area (TPSA) is 92.9 Å². The monoisotopic (exact) mass is 404 g/mol. The van der Waals surface area contributed by atoms with Crippen molar-refractivity contribution in [3.63, 3.8) is 0 Å². The molecule has 0 aliphatic heterocycles. The van der Waals surface area contributed by atoms with E-state index in [4.69, 9.17) is 35.1 Å². The molecular formula is C19H17ClN2O6. The summed E-state index contributed by atoms with van der Waals surface area (Å²) in [5.74, 6) is 0.775. The number of methoxy groups -OCH3 is 3. The van der Waals surface area contributed by atoms with Crippen LogP contribution in [0.25, 0.3) is 11.4 Å². The van der Waals surface area contributed by atoms with Gasteiger partial charge in [-0.15, -0.1) is 0 Å². The molecule has 0 saturated heterocycles. The van der Waals surface area contributed by atoms with Gasteiger partial charge in [-0.3, -0.25) is 0 Å². The van der Waals surface area contributed by atoms with Crippen molar-refractivity contribution in [1.29, 1.82) is 0 Å². The number of carbonyl (C=O) groups excluding carboxylic acids is 1. The molecule has 1 heterocycles. The van der Waals surface area contributed by atoms with Crippen LogP contribution in [0.4, 0.5) is 0 Å². The average molecular weight is 405 g/mol. The maximum absolute atomic E-state index is 12.5. The van der Waals surface area contributed by atoms with Crippen molar-refractivity contribution in [3.8, 4) is 28.6 Å². The maximum atomic E-state index is 12.5. The molecule has 8 nitrogen and oxygen atoms in total. The second-order valence-corrected chi connectivity index (χ2v) is 5.92. The summed E-state index contributed by atoms with van der Waals surface area (Å²) >= 11 is 5.96. The highest BCUT2D eigenvalue weighted by Gasteiger charge is 2.22. The Labute approximate surface area is 165 Å². The fourth-order valence-corrected chi connectivity index (χ4v) is 2.72. The summed E-state index contributed by atoms with van der Waals surface area (Å²) in [6, 6.07) is 10.1. The van der Waals surface area contributed by atoms with Gasteiger partial charge in [0, 0.05) is 10.6 Å². The highest BCUT2D eigenvalue weighted by atomic mass is 35.5. The first-order valence-corrected chi connectivity index (χ1v) is 8.49. The van der Waals surface area contributed by atoms with Crippen LogP contribution in [0.15, 0.2) is 40.9 Å². The van der Waals surface area contributed by atoms with Gasteiger partial charge in [0.2, 0.25) is 11.6 Å². The summed E-state index contributed by atoms with van der Waals surface area (Å²) in [6.07, 6.45) is 0. The van der Waals surface area contributed by atoms with Gasteiger partial charge in [-0.2, -0.15) is 4.98 Å². The third-order valence-corrected chi connectivity index (χ3v) is 4.04. The van der Waals surface area contributed by atoms with Crippen molar-refractivity contribution in [2.75, 3.05) is 21.3 Å². The number of aromatic nitrogens is 2. The van der Waals surface area contributed by atoms with E-state index in [1.54, 1.807) is 30.3 Å². The molecule has 9 heteroatoms. The van der Waals surface area contributed by atoms with Gasteiger partial charge in [-0.25, -0.2) is 4.79 Å². The number of halogens is 1. The Kier molecular flexibility index (Phi) is 6.00. The van der Waals surface area contributed by atoms with Gasteiger partial charge in [-0.1, -0.05) is 28.9 Å². The van der Waals surface area contributed by atoms with Gasteiger partial charge >= 0.3 is 5.97 Å². The summed E-state index contributed by atoms with van der Waals surface area (Å²) in [7, 11) is 4.36. The Hall–Kier alpha value is -3.26. The first-order chi connectivity index (χ1) is 13.6. The van der Waals surface area contributed by atoms with E-state index in [2.05, 4.69) is 10.1 Å². The van der Waals surface area contributed by atoms with Crippen LogP contribution < -0.4 is 14.2 Å². The van der Waals surface area contributed by atoms with Gasteiger partial charge in [0.15, 0.2) is 18.1 Å². The Morgan fingerprint density at radius 1 is 1.07 bits per heavy atom. The van der Waals surface area contributed by atoms with Crippen molar-refractivity contribution in [1.82, 2.24) is 10.1 Å². The Bertz CT molecular complexity index is 988. The SMILES string of the molecule is COc1ccc(C(=O)OCc2nc(-c3cccc(Cl)c3)no2)c(OC)c1OC. The minimum absolute atomic E-state index is 0.141. The van der Waals surface area contributed by atoms with Crippen molar-refractivity contribution >= 4 is 17.6 Å². The number of hydrogen-bond donors (Lipinski definition) is 0. The van der Waals surface area contributed by atoms with Gasteiger partial charge < -0.3 is 23.5 Å². The molecule has 0 unspecified atom stereocenters. The van der Waals surface area contributed by atoms with E-state index in [9.17, 15) is 4.79 Å². The fourth-order valence-electron chi connectivity index (χ4n) is 2.53. The molecule has 0 amide bonds. The van der Waals surface area contributed by atoms with E-state index >= 15 is 0 Å². The van der Waals surface area contributed by atoms with Crippen molar-refractivity contribution in [2.24, 2.45) is 0 Å². The molecule has 0 aliphatic carbocycles. The highest BCUT2D eigenvalue weighted by molar-refractivity contribution is 6.30. The van der Waals surface area contributed by atoms with Gasteiger partial charge in [0.25, 0.3) is 5.89 Å². The van der Waals surface area contributed by atoms with Gasteiger partial charge in [0.1, 0.15) is 5.56 Å². The van der Waals surface area contributed by atoms with E-state index in [0.29, 0.717) is 27.9 Å². The molecule has 0 aliphatic rings. The molecule has 0 radical (unpaired) electrons. The van der Waals surface area contributed by atoms with Crippen LogP contribution in [0.2, 0.25) is 5.02 Å². The first-order valence-electron chi connectivity index (χ1n) is 8.12. The van der Waals surface area contributed by atoms with Crippen molar-refractivity contribution in [3.05, 3.63) is 52.9 Å². The standard InChI is InChI=1S/C19H17ClN2O6/c1-24-14-8-7-13(16(25-2)17(14)26-3)19(23)27-10-15-21-18(22-28-15)11-5-4-6-12(20)9-11/h4-9H,10H2,1-3H3. The third-order valence-electron chi connectivity index (χ3n) is 3.80. The second kappa shape index (κ2) is 8.62. The lowest BCUT2D eigenvalue weighted by Gasteiger charge is -2.14. The molecule has 1 aromatic heterocycles. The molecule has 3 rings (SSSR count). The highest BCUT2D eigenvalue weighted by Crippen LogP contribution is 2.40. The van der Waals surface area contributed by atoms with Crippen LogP contribution in [0, 0.1) is 0 Å². The fraction of sp³-hybridized carbons (Fsp3) is 0.211. The molecule has 0 bridgehead atoms. The lowest BCUT2D eigenvalue weighted by Crippen LogP contribution is -2.09. The number of esters is 1. The van der Waals surface area contributed by atoms with Crippen LogP contribution in [0.5, 0.6) is 17.2 Å². The summed E-state index contributed by atoms with van der Waals surface area (Å²) in [4.78, 5) is 16.7. The third kappa shape index (κ3) is 4.01. The lowest BCUT2D eigenvalue weighted by atomic mass is 10.1. The minimum Gasteiger partial charge on any atom is -0.493 e. The Morgan fingerprint density at radius 2 is 1.86 bits per heavy atom. The number of benzene rings is 2. The van der Waals surface area contributed by atoms with Crippen LogP contribution in [0.1, 0.15) is 16.2 Å². The largest absolute Gasteiger partial charge is 0.493 e. The van der Waals surface area contributed by atoms with E-state index in [1.807, 2.05) is 0 Å². The minimum atomic E-state index is -0.639. The van der Waals surface area contributed by atoms with Crippen molar-refractivity contribution < 1.29 is 28.3 Å². The number of hydrogen-bond acceptors (Lipinski definition) is 8. The average Bonchev–Trinajstić information content (AvgIpc) is 3.19. The van der Waals surface area contributed by atoms with Crippen molar-refractivity contribution in [2.45, 2.75) is 6.61 Å². The quantitative estimate of drug-likeness (QED) is 0.549. The Balaban J connectivity index is 1.75. The van der Waals surface area contributed by atoms with Crippen LogP contribution in [-0.4, -0.2) is 37.4 Å². The molecule has 0 N–H and O–H groups in total. The second-order valence-electron chi connectivity index (χ2n) is 5.48. The molecule has 0 atom stereocenters. The summed E-state index contributed by atoms with van der Waals surface area (Å²) in [5, 5.41) is 4.42. The number of carbonyl (C=O) groups is 1. The van der Waals surface area contributed by atoms with Crippen LogP contribution in [-0.2, 0) is 11.3 Å². The lowest BCUT2D eigenvalue weighted by molar-refractivity contribution is 0.0425. The Morgan fingerprint density at radius 3 is 2.54 bits per heavy atom. The smallest absolute Gasteiger partial charge is 0.342 e. The van der Waals surface area contributed by atoms with E-state index in [-0.39, 0.29) is 23.8 Å². The molecule has 3 aromatic rings. The molecule has 2 aromatic carbocycles. The van der Waals surface area contributed by atoms with E-state index < -0.39 is 5.97 Å². The number of rotatable bonds is 7. The van der Waals surface area contributed by atoms with Gasteiger partial charge in [0.05, 0.1) is 21.3 Å². The zero-order valence-electron chi connectivity index (χ0n) is 15.4. The summed E-state index contributed by atoms with van der Waals surface area (Å²) in [5.41, 5.74) is 0.866. The predicted octanol–water partition coefficient (Wildman–Crippen LogP) is 3.77. The van der Waals surface area contributed by atoms with E-state index in [0.717, 1.165) is 0 Å². The molecule has 0 spiro atoms. The zero-order valence-corrected chi connectivity index (χ0v) is 16.1. The van der Waals surface area contributed by atoms with Crippen LogP contribution in [0.3, 0.4) is 0 Å². The molecule has 0 fully saturated rings. The predicted molar refractivity (Wildman–Crippen MR) is 100.0 cm³/mol.